The van der Waals surface area contributed by atoms with Crippen molar-refractivity contribution in [1.29, 1.82) is 0 Å². The number of carbonyl (C=O) groups excluding carboxylic acids is 1. The van der Waals surface area contributed by atoms with Crippen LogP contribution >= 0.6 is 11.3 Å². The molecule has 2 rings (SSSR count). The van der Waals surface area contributed by atoms with Gasteiger partial charge in [0.1, 0.15) is 12.4 Å². The van der Waals surface area contributed by atoms with Gasteiger partial charge in [0.05, 0.1) is 11.2 Å². The lowest BCUT2D eigenvalue weighted by Gasteiger charge is -2.20. The van der Waals surface area contributed by atoms with E-state index in [9.17, 15) is 4.79 Å². The van der Waals surface area contributed by atoms with Crippen molar-refractivity contribution >= 4 is 23.1 Å². The Bertz CT molecular complexity index is 631. The van der Waals surface area contributed by atoms with E-state index in [4.69, 9.17) is 4.74 Å². The van der Waals surface area contributed by atoms with Crippen molar-refractivity contribution in [1.82, 2.24) is 15.2 Å². The van der Waals surface area contributed by atoms with Crippen molar-refractivity contribution in [3.05, 3.63) is 40.8 Å². The number of amides is 2. The number of carbonyl (C=O) groups is 1. The average molecular weight is 348 g/mol. The highest BCUT2D eigenvalue weighted by molar-refractivity contribution is 7.07. The quantitative estimate of drug-likeness (QED) is 0.769. The molecule has 2 aromatic rings. The molecule has 2 N–H and O–H groups in total. The minimum atomic E-state index is -0.219. The number of rotatable bonds is 8. The Hall–Kier alpha value is -2.12. The Kier molecular flexibility index (Phi) is 7.02. The minimum absolute atomic E-state index is 0.219. The van der Waals surface area contributed by atoms with E-state index >= 15 is 0 Å². The summed E-state index contributed by atoms with van der Waals surface area (Å²) in [5, 5.41) is 7.61. The van der Waals surface area contributed by atoms with Gasteiger partial charge in [-0.2, -0.15) is 0 Å². The molecule has 0 spiro atoms. The summed E-state index contributed by atoms with van der Waals surface area (Å²) < 4.78 is 5.68. The zero-order valence-corrected chi connectivity index (χ0v) is 15.1. The van der Waals surface area contributed by atoms with Crippen LogP contribution in [0.1, 0.15) is 19.5 Å². The molecule has 7 heteroatoms. The van der Waals surface area contributed by atoms with E-state index in [1.807, 2.05) is 30.6 Å². The standard InChI is InChI=1S/C17H24N4O2S/c1-13(2)21(3)8-7-18-17(22)20-14-5-4-6-16(9-14)23-10-15-11-24-12-19-15/h4-6,9,11-13H,7-8,10H2,1-3H3,(H2,18,20,22). The maximum absolute atomic E-state index is 11.9. The lowest BCUT2D eigenvalue weighted by molar-refractivity contribution is 0.244. The van der Waals surface area contributed by atoms with Gasteiger partial charge < -0.3 is 20.3 Å². The average Bonchev–Trinajstić information content (AvgIpc) is 3.06. The van der Waals surface area contributed by atoms with Crippen LogP contribution in [-0.4, -0.2) is 42.1 Å². The first-order valence-electron chi connectivity index (χ1n) is 7.89. The summed E-state index contributed by atoms with van der Waals surface area (Å²) in [7, 11) is 2.04. The predicted octanol–water partition coefficient (Wildman–Crippen LogP) is 3.18. The molecule has 0 fully saturated rings. The molecule has 1 aromatic heterocycles. The molecule has 6 nitrogen and oxygen atoms in total. The van der Waals surface area contributed by atoms with E-state index in [-0.39, 0.29) is 6.03 Å². The van der Waals surface area contributed by atoms with Gasteiger partial charge in [-0.15, -0.1) is 11.3 Å². The van der Waals surface area contributed by atoms with Crippen LogP contribution in [0.3, 0.4) is 0 Å². The molecule has 0 saturated carbocycles. The number of urea groups is 1. The number of hydrogen-bond donors (Lipinski definition) is 2. The molecule has 0 unspecified atom stereocenters. The second-order valence-corrected chi connectivity index (χ2v) is 6.47. The van der Waals surface area contributed by atoms with Gasteiger partial charge in [-0.1, -0.05) is 6.07 Å². The molecule has 1 aromatic carbocycles. The van der Waals surface area contributed by atoms with E-state index in [0.29, 0.717) is 30.6 Å². The van der Waals surface area contributed by atoms with Crippen LogP contribution in [0.2, 0.25) is 0 Å². The molecule has 0 aliphatic heterocycles. The number of aromatic nitrogens is 1. The summed E-state index contributed by atoms with van der Waals surface area (Å²) in [6.45, 7) is 6.07. The molecule has 0 bridgehead atoms. The van der Waals surface area contributed by atoms with Crippen LogP contribution in [0.4, 0.5) is 10.5 Å². The summed E-state index contributed by atoms with van der Waals surface area (Å²) in [4.78, 5) is 18.3. The third-order valence-electron chi connectivity index (χ3n) is 3.59. The molecule has 130 valence electrons. The SMILES string of the molecule is CC(C)N(C)CCNC(=O)Nc1cccc(OCc2cscn2)c1. The van der Waals surface area contributed by atoms with Gasteiger partial charge >= 0.3 is 6.03 Å². The third-order valence-corrected chi connectivity index (χ3v) is 4.23. The van der Waals surface area contributed by atoms with Crippen LogP contribution < -0.4 is 15.4 Å². The summed E-state index contributed by atoms with van der Waals surface area (Å²) in [6.07, 6.45) is 0. The van der Waals surface area contributed by atoms with Crippen molar-refractivity contribution in [2.24, 2.45) is 0 Å². The van der Waals surface area contributed by atoms with Crippen LogP contribution in [0, 0.1) is 0 Å². The molecule has 1 heterocycles. The second-order valence-electron chi connectivity index (χ2n) is 5.75. The van der Waals surface area contributed by atoms with Gasteiger partial charge in [0.2, 0.25) is 0 Å². The van der Waals surface area contributed by atoms with Crippen molar-refractivity contribution in [2.75, 3.05) is 25.5 Å². The molecule has 0 saturated heterocycles. The number of anilines is 1. The van der Waals surface area contributed by atoms with E-state index < -0.39 is 0 Å². The number of likely N-dealkylation sites (N-methyl/N-ethyl adjacent to an activating group) is 1. The molecular formula is C17H24N4O2S. The van der Waals surface area contributed by atoms with E-state index in [2.05, 4.69) is 34.4 Å². The Morgan fingerprint density at radius 2 is 2.25 bits per heavy atom. The highest BCUT2D eigenvalue weighted by atomic mass is 32.1. The largest absolute Gasteiger partial charge is 0.487 e. The van der Waals surface area contributed by atoms with Gasteiger partial charge in [0.15, 0.2) is 0 Å². The van der Waals surface area contributed by atoms with E-state index in [1.165, 1.54) is 11.3 Å². The molecule has 0 aliphatic rings. The first-order valence-corrected chi connectivity index (χ1v) is 8.84. The van der Waals surface area contributed by atoms with Crippen LogP contribution in [0.25, 0.3) is 0 Å². The van der Waals surface area contributed by atoms with Crippen molar-refractivity contribution in [3.63, 3.8) is 0 Å². The van der Waals surface area contributed by atoms with E-state index in [0.717, 1.165) is 12.2 Å². The normalized spacial score (nSPS) is 10.9. The Morgan fingerprint density at radius 3 is 2.96 bits per heavy atom. The van der Waals surface area contributed by atoms with Gasteiger partial charge in [-0.25, -0.2) is 9.78 Å². The first-order chi connectivity index (χ1) is 11.5. The van der Waals surface area contributed by atoms with Crippen molar-refractivity contribution in [2.45, 2.75) is 26.5 Å². The van der Waals surface area contributed by atoms with Crippen LogP contribution in [-0.2, 0) is 6.61 Å². The molecule has 24 heavy (non-hydrogen) atoms. The summed E-state index contributed by atoms with van der Waals surface area (Å²) in [5.74, 6) is 0.695. The van der Waals surface area contributed by atoms with E-state index in [1.54, 1.807) is 11.6 Å². The number of thiazole rings is 1. The predicted molar refractivity (Wildman–Crippen MR) is 97.7 cm³/mol. The van der Waals surface area contributed by atoms with Crippen LogP contribution in [0.15, 0.2) is 35.2 Å². The van der Waals surface area contributed by atoms with Gasteiger partial charge in [0.25, 0.3) is 0 Å². The van der Waals surface area contributed by atoms with Gasteiger partial charge in [0, 0.05) is 36.3 Å². The number of ether oxygens (including phenoxy) is 1. The fourth-order valence-corrected chi connectivity index (χ4v) is 2.45. The maximum atomic E-state index is 11.9. The van der Waals surface area contributed by atoms with Crippen molar-refractivity contribution < 1.29 is 9.53 Å². The Balaban J connectivity index is 1.77. The zero-order chi connectivity index (χ0) is 17.4. The fourth-order valence-electron chi connectivity index (χ4n) is 1.91. The smallest absolute Gasteiger partial charge is 0.319 e. The Morgan fingerprint density at radius 1 is 1.42 bits per heavy atom. The number of benzene rings is 1. The summed E-state index contributed by atoms with van der Waals surface area (Å²) in [5.41, 5.74) is 3.36. The van der Waals surface area contributed by atoms with Crippen molar-refractivity contribution in [3.8, 4) is 5.75 Å². The fraction of sp³-hybridized carbons (Fsp3) is 0.412. The zero-order valence-electron chi connectivity index (χ0n) is 14.3. The van der Waals surface area contributed by atoms with Crippen LogP contribution in [0.5, 0.6) is 5.75 Å². The lowest BCUT2D eigenvalue weighted by Crippen LogP contribution is -2.37. The first kappa shape index (κ1) is 18.2. The van der Waals surface area contributed by atoms with Gasteiger partial charge in [-0.05, 0) is 33.0 Å². The lowest BCUT2D eigenvalue weighted by atomic mass is 10.3. The second kappa shape index (κ2) is 9.24. The highest BCUT2D eigenvalue weighted by Gasteiger charge is 2.06. The van der Waals surface area contributed by atoms with Gasteiger partial charge in [-0.3, -0.25) is 0 Å². The molecule has 0 radical (unpaired) electrons. The number of nitrogens with one attached hydrogen (secondary N) is 2. The number of hydrogen-bond acceptors (Lipinski definition) is 5. The molecule has 0 aliphatic carbocycles. The number of nitrogens with zero attached hydrogens (tertiary/aromatic N) is 2. The molecular weight excluding hydrogens is 324 g/mol. The monoisotopic (exact) mass is 348 g/mol. The minimum Gasteiger partial charge on any atom is -0.487 e. The topological polar surface area (TPSA) is 66.5 Å². The Labute approximate surface area is 146 Å². The summed E-state index contributed by atoms with van der Waals surface area (Å²) in [6, 6.07) is 7.57. The maximum Gasteiger partial charge on any atom is 0.319 e. The molecule has 0 atom stereocenters. The highest BCUT2D eigenvalue weighted by Crippen LogP contribution is 2.18. The summed E-state index contributed by atoms with van der Waals surface area (Å²) >= 11 is 1.54. The molecule has 2 amide bonds. The third kappa shape index (κ3) is 6.17.